The van der Waals surface area contributed by atoms with E-state index in [1.807, 2.05) is 18.5 Å². The lowest BCUT2D eigenvalue weighted by molar-refractivity contribution is 0.361. The molecule has 0 amide bonds. The summed E-state index contributed by atoms with van der Waals surface area (Å²) in [6.07, 6.45) is 4.88. The molecule has 14 heavy (non-hydrogen) atoms. The molecule has 0 aliphatic carbocycles. The van der Waals surface area contributed by atoms with Crippen molar-refractivity contribution in [2.75, 3.05) is 23.7 Å². The molecule has 1 aromatic rings. The average molecular weight is 191 g/mol. The minimum absolute atomic E-state index is 0.332. The third-order valence-corrected chi connectivity index (χ3v) is 3.09. The lowest BCUT2D eigenvalue weighted by Gasteiger charge is -2.26. The van der Waals surface area contributed by atoms with Crippen molar-refractivity contribution >= 4 is 11.4 Å². The molecule has 2 heterocycles. The lowest BCUT2D eigenvalue weighted by Crippen LogP contribution is -2.30. The Labute approximate surface area is 84.9 Å². The molecule has 2 N–H and O–H groups in total. The van der Waals surface area contributed by atoms with Crippen LogP contribution >= 0.6 is 0 Å². The number of aromatic nitrogens is 1. The smallest absolute Gasteiger partial charge is 0.0762 e. The summed E-state index contributed by atoms with van der Waals surface area (Å²) in [4.78, 5) is 4.11. The summed E-state index contributed by atoms with van der Waals surface area (Å²) < 4.78 is 0. The highest BCUT2D eigenvalue weighted by Gasteiger charge is 2.24. The molecule has 0 bridgehead atoms. The van der Waals surface area contributed by atoms with E-state index in [4.69, 9.17) is 0 Å². The second-order valence-electron chi connectivity index (χ2n) is 4.29. The first kappa shape index (κ1) is 9.31. The van der Waals surface area contributed by atoms with Gasteiger partial charge in [-0.3, -0.25) is 4.98 Å². The zero-order valence-corrected chi connectivity index (χ0v) is 8.80. The highest BCUT2D eigenvalue weighted by Crippen LogP contribution is 2.29. The van der Waals surface area contributed by atoms with Gasteiger partial charge in [-0.15, -0.1) is 0 Å². The van der Waals surface area contributed by atoms with Crippen LogP contribution in [0.15, 0.2) is 18.5 Å². The van der Waals surface area contributed by atoms with Crippen molar-refractivity contribution in [2.24, 2.45) is 5.41 Å². The molecule has 0 radical (unpaired) electrons. The number of nitrogens with one attached hydrogen (secondary N) is 2. The zero-order chi connectivity index (χ0) is 10.0. The Morgan fingerprint density at radius 2 is 2.07 bits per heavy atom. The Kier molecular flexibility index (Phi) is 2.32. The summed E-state index contributed by atoms with van der Waals surface area (Å²) in [5.74, 6) is 0. The molecular formula is C11H17N3. The van der Waals surface area contributed by atoms with Gasteiger partial charge in [0.25, 0.3) is 0 Å². The van der Waals surface area contributed by atoms with Gasteiger partial charge in [-0.2, -0.15) is 0 Å². The van der Waals surface area contributed by atoms with Crippen molar-refractivity contribution in [3.8, 4) is 0 Å². The fourth-order valence-electron chi connectivity index (χ4n) is 1.62. The van der Waals surface area contributed by atoms with Crippen LogP contribution in [-0.2, 0) is 0 Å². The van der Waals surface area contributed by atoms with Gasteiger partial charge >= 0.3 is 0 Å². The highest BCUT2D eigenvalue weighted by molar-refractivity contribution is 5.68. The monoisotopic (exact) mass is 191 g/mol. The minimum Gasteiger partial charge on any atom is -0.383 e. The van der Waals surface area contributed by atoms with Crippen molar-refractivity contribution in [3.63, 3.8) is 0 Å². The van der Waals surface area contributed by atoms with Gasteiger partial charge in [0.15, 0.2) is 0 Å². The van der Waals surface area contributed by atoms with Crippen molar-refractivity contribution in [3.05, 3.63) is 18.5 Å². The third kappa shape index (κ3) is 1.67. The first-order chi connectivity index (χ1) is 6.73. The van der Waals surface area contributed by atoms with Crippen LogP contribution in [0, 0.1) is 5.41 Å². The molecule has 1 aliphatic rings. The van der Waals surface area contributed by atoms with Crippen molar-refractivity contribution in [1.29, 1.82) is 0 Å². The second-order valence-corrected chi connectivity index (χ2v) is 4.29. The van der Waals surface area contributed by atoms with E-state index < -0.39 is 0 Å². The molecule has 0 aromatic carbocycles. The third-order valence-electron chi connectivity index (χ3n) is 3.09. The van der Waals surface area contributed by atoms with E-state index in [0.717, 1.165) is 24.5 Å². The molecule has 1 unspecified atom stereocenters. The Hall–Kier alpha value is -1.25. The van der Waals surface area contributed by atoms with E-state index in [2.05, 4.69) is 29.5 Å². The SMILES string of the molecule is CCC1(C)CNc2ccncc2NC1. The van der Waals surface area contributed by atoms with E-state index in [0.29, 0.717) is 5.41 Å². The van der Waals surface area contributed by atoms with Gasteiger partial charge in [-0.25, -0.2) is 0 Å². The summed E-state index contributed by atoms with van der Waals surface area (Å²) in [6.45, 7) is 6.56. The van der Waals surface area contributed by atoms with Crippen molar-refractivity contribution < 1.29 is 0 Å². The van der Waals surface area contributed by atoms with Gasteiger partial charge in [0.1, 0.15) is 0 Å². The maximum Gasteiger partial charge on any atom is 0.0762 e. The average Bonchev–Trinajstić information content (AvgIpc) is 2.40. The van der Waals surface area contributed by atoms with Crippen molar-refractivity contribution in [1.82, 2.24) is 4.98 Å². The zero-order valence-electron chi connectivity index (χ0n) is 8.80. The molecule has 0 fully saturated rings. The van der Waals surface area contributed by atoms with Crippen LogP contribution in [-0.4, -0.2) is 18.1 Å². The number of anilines is 2. The van der Waals surface area contributed by atoms with Gasteiger partial charge in [0.2, 0.25) is 0 Å². The van der Waals surface area contributed by atoms with Crippen LogP contribution < -0.4 is 10.6 Å². The number of rotatable bonds is 1. The Bertz CT molecular complexity index is 295. The number of fused-ring (bicyclic) bond motifs is 1. The molecule has 3 nitrogen and oxygen atoms in total. The van der Waals surface area contributed by atoms with E-state index in [1.54, 1.807) is 0 Å². The van der Waals surface area contributed by atoms with Gasteiger partial charge in [0, 0.05) is 24.7 Å². The predicted octanol–water partition coefficient (Wildman–Crippen LogP) is 2.34. The largest absolute Gasteiger partial charge is 0.383 e. The summed E-state index contributed by atoms with van der Waals surface area (Å²) in [6, 6.07) is 2.02. The molecular weight excluding hydrogens is 174 g/mol. The summed E-state index contributed by atoms with van der Waals surface area (Å²) in [5, 5.41) is 6.91. The topological polar surface area (TPSA) is 37.0 Å². The Morgan fingerprint density at radius 3 is 2.79 bits per heavy atom. The molecule has 0 saturated carbocycles. The molecule has 0 saturated heterocycles. The van der Waals surface area contributed by atoms with Gasteiger partial charge in [0.05, 0.1) is 17.6 Å². The standard InChI is InChI=1S/C11H17N3/c1-3-11(2)7-13-9-4-5-12-6-10(9)14-8-11/h4-6,13-14H,3,7-8H2,1-2H3. The van der Waals surface area contributed by atoms with Crippen LogP contribution in [0.1, 0.15) is 20.3 Å². The minimum atomic E-state index is 0.332. The predicted molar refractivity (Wildman–Crippen MR) is 59.6 cm³/mol. The van der Waals surface area contributed by atoms with Crippen LogP contribution in [0.4, 0.5) is 11.4 Å². The fraction of sp³-hybridized carbons (Fsp3) is 0.545. The van der Waals surface area contributed by atoms with E-state index >= 15 is 0 Å². The molecule has 2 rings (SSSR count). The van der Waals surface area contributed by atoms with Crippen LogP contribution in [0.3, 0.4) is 0 Å². The van der Waals surface area contributed by atoms with Crippen molar-refractivity contribution in [2.45, 2.75) is 20.3 Å². The summed E-state index contributed by atoms with van der Waals surface area (Å²) >= 11 is 0. The maximum absolute atomic E-state index is 4.11. The molecule has 0 spiro atoms. The summed E-state index contributed by atoms with van der Waals surface area (Å²) in [5.41, 5.74) is 2.61. The van der Waals surface area contributed by atoms with Gasteiger partial charge < -0.3 is 10.6 Å². The lowest BCUT2D eigenvalue weighted by atomic mass is 9.88. The Balaban J connectivity index is 2.22. The van der Waals surface area contributed by atoms with Crippen LogP contribution in [0.5, 0.6) is 0 Å². The highest BCUT2D eigenvalue weighted by atomic mass is 15.0. The molecule has 1 aliphatic heterocycles. The Morgan fingerprint density at radius 1 is 1.36 bits per heavy atom. The number of hydrogen-bond donors (Lipinski definition) is 2. The van der Waals surface area contributed by atoms with Crippen LogP contribution in [0.25, 0.3) is 0 Å². The molecule has 76 valence electrons. The molecule has 3 heteroatoms. The molecule has 1 aromatic heterocycles. The first-order valence-electron chi connectivity index (χ1n) is 5.15. The first-order valence-corrected chi connectivity index (χ1v) is 5.15. The quantitative estimate of drug-likeness (QED) is 0.715. The number of hydrogen-bond acceptors (Lipinski definition) is 3. The van der Waals surface area contributed by atoms with E-state index in [-0.39, 0.29) is 0 Å². The number of pyridine rings is 1. The maximum atomic E-state index is 4.11. The number of nitrogens with zero attached hydrogens (tertiary/aromatic N) is 1. The van der Waals surface area contributed by atoms with E-state index in [9.17, 15) is 0 Å². The normalized spacial score (nSPS) is 25.6. The summed E-state index contributed by atoms with van der Waals surface area (Å²) in [7, 11) is 0. The fourth-order valence-corrected chi connectivity index (χ4v) is 1.62. The second kappa shape index (κ2) is 3.48. The van der Waals surface area contributed by atoms with Crippen LogP contribution in [0.2, 0.25) is 0 Å². The van der Waals surface area contributed by atoms with Gasteiger partial charge in [-0.1, -0.05) is 13.8 Å². The molecule has 1 atom stereocenters. The van der Waals surface area contributed by atoms with Gasteiger partial charge in [-0.05, 0) is 12.5 Å². The van der Waals surface area contributed by atoms with E-state index in [1.165, 1.54) is 6.42 Å².